The van der Waals surface area contributed by atoms with Crippen LogP contribution < -0.4 is 4.74 Å². The Morgan fingerprint density at radius 2 is 2.07 bits per heavy atom. The van der Waals surface area contributed by atoms with Crippen molar-refractivity contribution in [2.24, 2.45) is 0 Å². The van der Waals surface area contributed by atoms with Crippen LogP contribution in [0, 0.1) is 10.1 Å². The topological polar surface area (TPSA) is 130 Å². The van der Waals surface area contributed by atoms with Crippen LogP contribution in [-0.4, -0.2) is 37.3 Å². The lowest BCUT2D eigenvalue weighted by molar-refractivity contribution is -0.384. The summed E-state index contributed by atoms with van der Waals surface area (Å²) in [5.41, 5.74) is 3.98. The summed E-state index contributed by atoms with van der Waals surface area (Å²) in [4.78, 5) is 18.0. The lowest BCUT2D eigenvalue weighted by Crippen LogP contribution is -1.90. The Hall–Kier alpha value is -3.72. The van der Waals surface area contributed by atoms with Gasteiger partial charge in [0.25, 0.3) is 5.69 Å². The number of aliphatic hydroxyl groups excluding tert-OH is 1. The third kappa shape index (κ3) is 3.11. The molecule has 0 aliphatic carbocycles. The zero-order valence-corrected chi connectivity index (χ0v) is 14.3. The number of nitro benzene ring substituents is 1. The number of benzene rings is 2. The van der Waals surface area contributed by atoms with Crippen LogP contribution in [0.1, 0.15) is 5.56 Å². The van der Waals surface area contributed by atoms with Crippen LogP contribution >= 0.6 is 0 Å². The van der Waals surface area contributed by atoms with Crippen molar-refractivity contribution < 1.29 is 14.8 Å². The first-order valence-corrected chi connectivity index (χ1v) is 8.06. The fraction of sp³-hybridized carbons (Fsp3) is 0.111. The number of aromatic nitrogens is 4. The van der Waals surface area contributed by atoms with E-state index in [-0.39, 0.29) is 12.3 Å². The molecule has 0 aliphatic rings. The van der Waals surface area contributed by atoms with Gasteiger partial charge in [0.2, 0.25) is 0 Å². The van der Waals surface area contributed by atoms with Gasteiger partial charge in [-0.2, -0.15) is 5.10 Å². The van der Waals surface area contributed by atoms with Crippen LogP contribution in [0.15, 0.2) is 42.5 Å². The second-order valence-electron chi connectivity index (χ2n) is 5.94. The maximum atomic E-state index is 10.9. The lowest BCUT2D eigenvalue weighted by atomic mass is 10.1. The van der Waals surface area contributed by atoms with Gasteiger partial charge < -0.3 is 14.8 Å². The highest BCUT2D eigenvalue weighted by Gasteiger charge is 2.13. The molecule has 9 nitrogen and oxygen atoms in total. The molecular weight excluding hydrogens is 350 g/mol. The fourth-order valence-corrected chi connectivity index (χ4v) is 2.85. The third-order valence-electron chi connectivity index (χ3n) is 4.19. The Bertz CT molecular complexity index is 1130. The minimum atomic E-state index is -0.449. The number of nitro groups is 1. The van der Waals surface area contributed by atoms with E-state index in [4.69, 9.17) is 4.74 Å². The third-order valence-corrected chi connectivity index (χ3v) is 4.19. The number of hydrogen-bond acceptors (Lipinski definition) is 6. The summed E-state index contributed by atoms with van der Waals surface area (Å²) in [6, 6.07) is 11.7. The van der Waals surface area contributed by atoms with E-state index in [0.29, 0.717) is 39.6 Å². The molecule has 0 saturated heterocycles. The van der Waals surface area contributed by atoms with Crippen LogP contribution in [0.4, 0.5) is 5.69 Å². The Morgan fingerprint density at radius 3 is 2.81 bits per heavy atom. The molecule has 0 amide bonds. The highest BCUT2D eigenvalue weighted by molar-refractivity contribution is 5.81. The van der Waals surface area contributed by atoms with Gasteiger partial charge in [-0.05, 0) is 35.9 Å². The molecule has 2 heterocycles. The fourth-order valence-electron chi connectivity index (χ4n) is 2.85. The molecule has 136 valence electrons. The van der Waals surface area contributed by atoms with Crippen molar-refractivity contribution >= 4 is 16.7 Å². The van der Waals surface area contributed by atoms with Gasteiger partial charge in [0.1, 0.15) is 11.4 Å². The highest BCUT2D eigenvalue weighted by Crippen LogP contribution is 2.28. The van der Waals surface area contributed by atoms with Crippen molar-refractivity contribution in [1.29, 1.82) is 0 Å². The van der Waals surface area contributed by atoms with Crippen LogP contribution in [0.2, 0.25) is 0 Å². The second kappa shape index (κ2) is 6.54. The number of ether oxygens (including phenoxy) is 1. The quantitative estimate of drug-likeness (QED) is 0.368. The standard InChI is InChI=1S/C18H15N5O4/c1-27-13-5-10(9-24)4-11(6-13)15-8-17(22-21-15)18-19-14-3-2-12(23(25)26)7-16(14)20-18/h2-8,24H,9H2,1H3,(H,19,20)(H,21,22). The number of nitrogens with zero attached hydrogens (tertiary/aromatic N) is 3. The molecule has 0 radical (unpaired) electrons. The molecule has 2 aromatic carbocycles. The molecule has 9 heteroatoms. The van der Waals surface area contributed by atoms with E-state index < -0.39 is 4.92 Å². The van der Waals surface area contributed by atoms with E-state index in [9.17, 15) is 15.2 Å². The number of hydrogen-bond donors (Lipinski definition) is 3. The Morgan fingerprint density at radius 1 is 1.22 bits per heavy atom. The van der Waals surface area contributed by atoms with Crippen LogP contribution in [0.3, 0.4) is 0 Å². The van der Waals surface area contributed by atoms with Crippen molar-refractivity contribution in [3.05, 3.63) is 58.1 Å². The van der Waals surface area contributed by atoms with Gasteiger partial charge >= 0.3 is 0 Å². The number of aliphatic hydroxyl groups is 1. The van der Waals surface area contributed by atoms with Gasteiger partial charge in [-0.15, -0.1) is 0 Å². The van der Waals surface area contributed by atoms with Crippen molar-refractivity contribution in [2.45, 2.75) is 6.61 Å². The Balaban J connectivity index is 1.72. The number of fused-ring (bicyclic) bond motifs is 1. The minimum absolute atomic E-state index is 0.00378. The molecule has 0 aliphatic heterocycles. The molecule has 2 aromatic heterocycles. The Labute approximate surface area is 152 Å². The SMILES string of the molecule is COc1cc(CO)cc(-c2cc(-c3nc4ccc([N+](=O)[O-])cc4[nH]3)[nH]n2)c1. The summed E-state index contributed by atoms with van der Waals surface area (Å²) in [5, 5.41) is 27.5. The number of aromatic amines is 2. The second-order valence-corrected chi connectivity index (χ2v) is 5.94. The lowest BCUT2D eigenvalue weighted by Gasteiger charge is -2.05. The summed E-state index contributed by atoms with van der Waals surface area (Å²) >= 11 is 0. The van der Waals surface area contributed by atoms with Gasteiger partial charge in [-0.3, -0.25) is 15.2 Å². The molecule has 4 rings (SSSR count). The molecule has 0 atom stereocenters. The van der Waals surface area contributed by atoms with Gasteiger partial charge in [0.05, 0.1) is 35.4 Å². The monoisotopic (exact) mass is 365 g/mol. The smallest absolute Gasteiger partial charge is 0.271 e. The zero-order valence-electron chi connectivity index (χ0n) is 14.3. The summed E-state index contributed by atoms with van der Waals surface area (Å²) in [7, 11) is 1.56. The highest BCUT2D eigenvalue weighted by atomic mass is 16.6. The summed E-state index contributed by atoms with van der Waals surface area (Å²) in [6.45, 7) is -0.107. The maximum absolute atomic E-state index is 10.9. The number of rotatable bonds is 5. The molecule has 0 saturated carbocycles. The molecule has 3 N–H and O–H groups in total. The van der Waals surface area contributed by atoms with E-state index in [1.165, 1.54) is 12.1 Å². The molecule has 0 unspecified atom stereocenters. The van der Waals surface area contributed by atoms with Gasteiger partial charge in [-0.25, -0.2) is 4.98 Å². The van der Waals surface area contributed by atoms with Gasteiger partial charge in [-0.1, -0.05) is 0 Å². The largest absolute Gasteiger partial charge is 0.497 e. The molecule has 27 heavy (non-hydrogen) atoms. The van der Waals surface area contributed by atoms with Crippen LogP contribution in [0.25, 0.3) is 33.8 Å². The average molecular weight is 365 g/mol. The van der Waals surface area contributed by atoms with Crippen LogP contribution in [-0.2, 0) is 6.61 Å². The maximum Gasteiger partial charge on any atom is 0.271 e. The summed E-state index contributed by atoms with van der Waals surface area (Å²) < 4.78 is 5.26. The number of imidazole rings is 1. The first-order valence-electron chi connectivity index (χ1n) is 8.06. The summed E-state index contributed by atoms with van der Waals surface area (Å²) in [6.07, 6.45) is 0. The van der Waals surface area contributed by atoms with Gasteiger partial charge in [0, 0.05) is 17.7 Å². The van der Waals surface area contributed by atoms with E-state index in [0.717, 1.165) is 5.56 Å². The predicted octanol–water partition coefficient (Wildman–Crippen LogP) is 3.03. The average Bonchev–Trinajstić information content (AvgIpc) is 3.33. The number of methoxy groups -OCH3 is 1. The van der Waals surface area contributed by atoms with E-state index >= 15 is 0 Å². The molecule has 4 aromatic rings. The van der Waals surface area contributed by atoms with Crippen molar-refractivity contribution in [3.63, 3.8) is 0 Å². The minimum Gasteiger partial charge on any atom is -0.497 e. The van der Waals surface area contributed by atoms with Crippen molar-refractivity contribution in [1.82, 2.24) is 20.2 Å². The zero-order chi connectivity index (χ0) is 19.0. The molecule has 0 bridgehead atoms. The van der Waals surface area contributed by atoms with Gasteiger partial charge in [0.15, 0.2) is 5.82 Å². The predicted molar refractivity (Wildman–Crippen MR) is 98.2 cm³/mol. The van der Waals surface area contributed by atoms with Crippen molar-refractivity contribution in [3.8, 4) is 28.5 Å². The number of non-ortho nitro benzene ring substituents is 1. The van der Waals surface area contributed by atoms with Crippen molar-refractivity contribution in [2.75, 3.05) is 7.11 Å². The van der Waals surface area contributed by atoms with E-state index in [1.807, 2.05) is 18.2 Å². The van der Waals surface area contributed by atoms with E-state index in [2.05, 4.69) is 20.2 Å². The molecular formula is C18H15N5O4. The van der Waals surface area contributed by atoms with E-state index in [1.54, 1.807) is 19.2 Å². The summed E-state index contributed by atoms with van der Waals surface area (Å²) in [5.74, 6) is 1.15. The molecule has 0 spiro atoms. The van der Waals surface area contributed by atoms with Crippen LogP contribution in [0.5, 0.6) is 5.75 Å². The Kier molecular flexibility index (Phi) is 4.05. The normalized spacial score (nSPS) is 11.0. The first-order chi connectivity index (χ1) is 13.1. The number of H-pyrrole nitrogens is 2. The number of nitrogens with one attached hydrogen (secondary N) is 2. The molecule has 0 fully saturated rings. The first kappa shape index (κ1) is 16.7.